The summed E-state index contributed by atoms with van der Waals surface area (Å²) in [6.07, 6.45) is 1.88. The Morgan fingerprint density at radius 2 is 0.948 bits per heavy atom. The Morgan fingerprint density at radius 3 is 1.45 bits per heavy atom. The molecule has 0 heterocycles. The van der Waals surface area contributed by atoms with E-state index in [0.29, 0.717) is 38.8 Å². The summed E-state index contributed by atoms with van der Waals surface area (Å²) in [5.74, 6) is -3.33. The maximum absolute atomic E-state index is 14.1. The second-order valence-electron chi connectivity index (χ2n) is 14.5. The molecule has 0 bridgehead atoms. The van der Waals surface area contributed by atoms with E-state index in [9.17, 15) is 29.1 Å². The first-order valence-electron chi connectivity index (χ1n) is 19.9. The molecule has 9 N–H and O–H groups in total. The third-order valence-corrected chi connectivity index (χ3v) is 10.3. The summed E-state index contributed by atoms with van der Waals surface area (Å²) in [4.78, 5) is 67.4. The number of nitrogens with two attached hydrogens (primary N) is 2. The van der Waals surface area contributed by atoms with E-state index in [-0.39, 0.29) is 38.2 Å². The largest absolute Gasteiger partial charge is 0.480 e. The van der Waals surface area contributed by atoms with Crippen molar-refractivity contribution in [2.75, 3.05) is 19.7 Å². The van der Waals surface area contributed by atoms with Crippen LogP contribution >= 0.6 is 0 Å². The molecule has 1 aliphatic rings. The summed E-state index contributed by atoms with van der Waals surface area (Å²) in [5.41, 5.74) is 17.1. The number of ether oxygens (including phenoxy) is 1. The predicted molar refractivity (Wildman–Crippen MR) is 222 cm³/mol. The van der Waals surface area contributed by atoms with Crippen LogP contribution in [0.3, 0.4) is 0 Å². The van der Waals surface area contributed by atoms with Crippen molar-refractivity contribution in [1.82, 2.24) is 21.3 Å². The van der Waals surface area contributed by atoms with Crippen molar-refractivity contribution in [2.45, 2.75) is 81.5 Å². The van der Waals surface area contributed by atoms with Gasteiger partial charge in [-0.3, -0.25) is 14.4 Å². The summed E-state index contributed by atoms with van der Waals surface area (Å²) in [5, 5.41) is 20.8. The van der Waals surface area contributed by atoms with Crippen molar-refractivity contribution in [2.24, 2.45) is 11.5 Å². The number of benzene rings is 4. The van der Waals surface area contributed by atoms with Crippen LogP contribution < -0.4 is 32.7 Å². The second-order valence-corrected chi connectivity index (χ2v) is 14.5. The molecule has 0 radical (unpaired) electrons. The van der Waals surface area contributed by atoms with Crippen molar-refractivity contribution < 1.29 is 33.8 Å². The minimum atomic E-state index is -1.20. The van der Waals surface area contributed by atoms with Gasteiger partial charge in [-0.1, -0.05) is 109 Å². The minimum Gasteiger partial charge on any atom is -0.480 e. The summed E-state index contributed by atoms with van der Waals surface area (Å²) in [6.45, 7) is 0.796. The van der Waals surface area contributed by atoms with Gasteiger partial charge in [0.2, 0.25) is 17.7 Å². The number of hydrogen-bond donors (Lipinski definition) is 7. The SMILES string of the molecule is NCCCC[C@@H](NC(=O)[C@H](Cc1ccccc1)NC(=O)[C@@H](CCCCN)NC(=O)[C@H](Cc1ccccc1)NC(=O)OCC1c2ccccc2-c2ccccc21)C(=O)O. The second kappa shape index (κ2) is 22.0. The lowest BCUT2D eigenvalue weighted by Gasteiger charge is -2.26. The van der Waals surface area contributed by atoms with Crippen molar-refractivity contribution in [3.63, 3.8) is 0 Å². The Bertz CT molecular complexity index is 1930. The molecule has 0 fully saturated rings. The number of carbonyl (C=O) groups is 5. The number of aliphatic carboxylic acids is 1. The number of hydrogen-bond acceptors (Lipinski definition) is 8. The Hall–Kier alpha value is -6.05. The first-order chi connectivity index (χ1) is 28.2. The smallest absolute Gasteiger partial charge is 0.407 e. The van der Waals surface area contributed by atoms with Gasteiger partial charge in [-0.05, 0) is 85.0 Å². The number of nitrogens with one attached hydrogen (secondary N) is 4. The Labute approximate surface area is 339 Å². The average Bonchev–Trinajstić information content (AvgIpc) is 3.55. The van der Waals surface area contributed by atoms with Crippen LogP contribution in [-0.4, -0.2) is 78.8 Å². The van der Waals surface area contributed by atoms with E-state index >= 15 is 0 Å². The molecule has 0 unspecified atom stereocenters. The summed E-state index contributed by atoms with van der Waals surface area (Å²) in [7, 11) is 0. The molecule has 13 nitrogen and oxygen atoms in total. The molecule has 306 valence electrons. The average molecular weight is 791 g/mol. The number of carboxylic acid groups (broad SMARTS) is 1. The molecule has 58 heavy (non-hydrogen) atoms. The Morgan fingerprint density at radius 1 is 0.534 bits per heavy atom. The van der Waals surface area contributed by atoms with Crippen LogP contribution in [0.15, 0.2) is 109 Å². The van der Waals surface area contributed by atoms with E-state index in [1.54, 1.807) is 24.3 Å². The third kappa shape index (κ3) is 12.2. The Kier molecular flexibility index (Phi) is 16.4. The van der Waals surface area contributed by atoms with E-state index in [1.807, 2.05) is 84.9 Å². The van der Waals surface area contributed by atoms with E-state index in [1.165, 1.54) is 0 Å². The normalized spacial score (nSPS) is 13.8. The lowest BCUT2D eigenvalue weighted by Crippen LogP contribution is -2.58. The quantitative estimate of drug-likeness (QED) is 0.0568. The third-order valence-electron chi connectivity index (χ3n) is 10.3. The van der Waals surface area contributed by atoms with E-state index in [4.69, 9.17) is 16.2 Å². The van der Waals surface area contributed by atoms with Crippen molar-refractivity contribution in [3.05, 3.63) is 131 Å². The highest BCUT2D eigenvalue weighted by atomic mass is 16.5. The fraction of sp³-hybridized carbons (Fsp3) is 0.356. The van der Waals surface area contributed by atoms with Gasteiger partial charge in [0.25, 0.3) is 0 Å². The predicted octanol–water partition coefficient (Wildman–Crippen LogP) is 4.18. The fourth-order valence-corrected chi connectivity index (χ4v) is 7.23. The molecule has 5 rings (SSSR count). The minimum absolute atomic E-state index is 0.0459. The van der Waals surface area contributed by atoms with Crippen LogP contribution in [0.25, 0.3) is 11.1 Å². The molecule has 4 atom stereocenters. The molecule has 4 aromatic rings. The molecule has 0 aromatic heterocycles. The topological polar surface area (TPSA) is 215 Å². The van der Waals surface area contributed by atoms with Gasteiger partial charge >= 0.3 is 12.1 Å². The van der Waals surface area contributed by atoms with Crippen LogP contribution in [0.1, 0.15) is 66.7 Å². The number of rotatable bonds is 22. The zero-order valence-electron chi connectivity index (χ0n) is 32.6. The van der Waals surface area contributed by atoms with E-state index in [2.05, 4.69) is 21.3 Å². The number of carbonyl (C=O) groups excluding carboxylic acids is 4. The molecule has 13 heteroatoms. The molecule has 0 saturated carbocycles. The fourth-order valence-electron chi connectivity index (χ4n) is 7.23. The molecular weight excluding hydrogens is 737 g/mol. The maximum atomic E-state index is 14.1. The number of unbranched alkanes of at least 4 members (excludes halogenated alkanes) is 2. The van der Waals surface area contributed by atoms with Crippen LogP contribution in [0, 0.1) is 0 Å². The van der Waals surface area contributed by atoms with Crippen molar-refractivity contribution in [1.29, 1.82) is 0 Å². The number of alkyl carbamates (subject to hydrolysis) is 1. The number of carboxylic acids is 1. The van der Waals surface area contributed by atoms with E-state index < -0.39 is 54.0 Å². The molecule has 4 aromatic carbocycles. The standard InChI is InChI=1S/C45H54N6O7/c46-25-13-11-23-37(41(52)50-39(27-30-15-3-1-4-16-30)42(53)49-38(44(55)56)24-12-14-26-47)48-43(54)40(28-31-17-5-2-6-18-31)51-45(57)58-29-36-34-21-9-7-19-32(34)33-20-8-10-22-35(33)36/h1-10,15-22,36-40H,11-14,23-29,46-47H2,(H,48,54)(H,49,53)(H,50,52)(H,51,57)(H,55,56)/t37-,38-,39+,40+/m1/s1. The zero-order chi connectivity index (χ0) is 41.3. The first kappa shape index (κ1) is 43.1. The van der Waals surface area contributed by atoms with Gasteiger partial charge in [-0.25, -0.2) is 9.59 Å². The lowest BCUT2D eigenvalue weighted by atomic mass is 9.98. The van der Waals surface area contributed by atoms with Gasteiger partial charge in [0.05, 0.1) is 0 Å². The summed E-state index contributed by atoms with van der Waals surface area (Å²) in [6, 6.07) is 29.5. The highest BCUT2D eigenvalue weighted by Gasteiger charge is 2.33. The first-order valence-corrected chi connectivity index (χ1v) is 19.9. The van der Waals surface area contributed by atoms with Gasteiger partial charge < -0.3 is 42.6 Å². The molecule has 0 spiro atoms. The molecular formula is C45H54N6O7. The molecule has 0 saturated heterocycles. The Balaban J connectivity index is 1.32. The lowest BCUT2D eigenvalue weighted by molar-refractivity contribution is -0.142. The zero-order valence-corrected chi connectivity index (χ0v) is 32.6. The van der Waals surface area contributed by atoms with Crippen LogP contribution in [0.4, 0.5) is 4.79 Å². The molecule has 1 aliphatic carbocycles. The van der Waals surface area contributed by atoms with Crippen LogP contribution in [-0.2, 0) is 36.8 Å². The maximum Gasteiger partial charge on any atom is 0.407 e. The van der Waals surface area contributed by atoms with Gasteiger partial charge in [0.1, 0.15) is 30.8 Å². The summed E-state index contributed by atoms with van der Waals surface area (Å²) >= 11 is 0. The van der Waals surface area contributed by atoms with Crippen LogP contribution in [0.2, 0.25) is 0 Å². The van der Waals surface area contributed by atoms with Crippen molar-refractivity contribution in [3.8, 4) is 11.1 Å². The van der Waals surface area contributed by atoms with Gasteiger partial charge in [0.15, 0.2) is 0 Å². The van der Waals surface area contributed by atoms with E-state index in [0.717, 1.165) is 33.4 Å². The molecule has 4 amide bonds. The monoisotopic (exact) mass is 790 g/mol. The summed E-state index contributed by atoms with van der Waals surface area (Å²) < 4.78 is 5.79. The van der Waals surface area contributed by atoms with Gasteiger partial charge in [-0.2, -0.15) is 0 Å². The highest BCUT2D eigenvalue weighted by Crippen LogP contribution is 2.44. The van der Waals surface area contributed by atoms with Crippen LogP contribution in [0.5, 0.6) is 0 Å². The van der Waals surface area contributed by atoms with Crippen molar-refractivity contribution >= 4 is 29.8 Å². The molecule has 0 aliphatic heterocycles. The van der Waals surface area contributed by atoms with Gasteiger partial charge in [0, 0.05) is 18.8 Å². The van der Waals surface area contributed by atoms with Gasteiger partial charge in [-0.15, -0.1) is 0 Å². The highest BCUT2D eigenvalue weighted by molar-refractivity contribution is 5.95. The number of amides is 4. The number of fused-ring (bicyclic) bond motifs is 3.